The summed E-state index contributed by atoms with van der Waals surface area (Å²) in [7, 11) is 0. The Morgan fingerprint density at radius 3 is 2.88 bits per heavy atom. The molecule has 1 aromatic heterocycles. The van der Waals surface area contributed by atoms with E-state index in [4.69, 9.17) is 11.6 Å². The van der Waals surface area contributed by atoms with E-state index in [2.05, 4.69) is 15.5 Å². The molecule has 2 rings (SSSR count). The highest BCUT2D eigenvalue weighted by molar-refractivity contribution is 6.30. The molecule has 5 heteroatoms. The zero-order valence-corrected chi connectivity index (χ0v) is 9.48. The molecule has 3 nitrogen and oxygen atoms in total. The first kappa shape index (κ1) is 11.0. The van der Waals surface area contributed by atoms with Gasteiger partial charge in [0.1, 0.15) is 5.82 Å². The topological polar surface area (TPSA) is 40.7 Å². The molecule has 0 saturated heterocycles. The van der Waals surface area contributed by atoms with Crippen molar-refractivity contribution in [2.75, 3.05) is 5.32 Å². The van der Waals surface area contributed by atoms with Crippen LogP contribution in [0.25, 0.3) is 0 Å². The van der Waals surface area contributed by atoms with Crippen LogP contribution in [0.15, 0.2) is 24.4 Å². The SMILES string of the molecule is Cc1[nH]ncc1CNc1cc(F)cc(Cl)c1. The van der Waals surface area contributed by atoms with Crippen LogP contribution < -0.4 is 5.32 Å². The smallest absolute Gasteiger partial charge is 0.126 e. The molecular weight excluding hydrogens is 229 g/mol. The average Bonchev–Trinajstić information content (AvgIpc) is 2.59. The van der Waals surface area contributed by atoms with E-state index < -0.39 is 0 Å². The van der Waals surface area contributed by atoms with Crippen molar-refractivity contribution < 1.29 is 4.39 Å². The zero-order chi connectivity index (χ0) is 11.5. The summed E-state index contributed by atoms with van der Waals surface area (Å²) in [5.74, 6) is -0.348. The number of rotatable bonds is 3. The van der Waals surface area contributed by atoms with Crippen LogP contribution in [0.5, 0.6) is 0 Å². The van der Waals surface area contributed by atoms with Gasteiger partial charge in [-0.1, -0.05) is 11.6 Å². The fourth-order valence-corrected chi connectivity index (χ4v) is 1.63. The van der Waals surface area contributed by atoms with Crippen LogP contribution in [0.3, 0.4) is 0 Å². The number of aromatic nitrogens is 2. The second-order valence-electron chi connectivity index (χ2n) is 3.53. The van der Waals surface area contributed by atoms with E-state index in [1.807, 2.05) is 6.92 Å². The zero-order valence-electron chi connectivity index (χ0n) is 8.72. The second kappa shape index (κ2) is 4.53. The van der Waals surface area contributed by atoms with Crippen LogP contribution >= 0.6 is 11.6 Å². The third-order valence-corrected chi connectivity index (χ3v) is 2.50. The molecule has 84 valence electrons. The summed E-state index contributed by atoms with van der Waals surface area (Å²) in [6.07, 6.45) is 1.74. The molecule has 1 aromatic carbocycles. The van der Waals surface area contributed by atoms with Gasteiger partial charge in [-0.15, -0.1) is 0 Å². The molecule has 2 aromatic rings. The summed E-state index contributed by atoms with van der Waals surface area (Å²) in [6, 6.07) is 4.36. The van der Waals surface area contributed by atoms with Crippen LogP contribution in [-0.2, 0) is 6.54 Å². The molecule has 0 aliphatic rings. The van der Waals surface area contributed by atoms with Gasteiger partial charge in [0, 0.05) is 28.5 Å². The van der Waals surface area contributed by atoms with Gasteiger partial charge in [0.15, 0.2) is 0 Å². The first-order valence-electron chi connectivity index (χ1n) is 4.84. The lowest BCUT2D eigenvalue weighted by Crippen LogP contribution is -2.00. The summed E-state index contributed by atoms with van der Waals surface area (Å²) in [5.41, 5.74) is 2.70. The van der Waals surface area contributed by atoms with Gasteiger partial charge in [0.05, 0.1) is 6.20 Å². The molecule has 0 fully saturated rings. The lowest BCUT2D eigenvalue weighted by atomic mass is 10.2. The van der Waals surface area contributed by atoms with Crippen molar-refractivity contribution in [1.29, 1.82) is 0 Å². The molecule has 0 aliphatic heterocycles. The van der Waals surface area contributed by atoms with E-state index in [1.54, 1.807) is 12.3 Å². The van der Waals surface area contributed by atoms with E-state index in [-0.39, 0.29) is 5.82 Å². The maximum Gasteiger partial charge on any atom is 0.126 e. The molecular formula is C11H11ClFN3. The van der Waals surface area contributed by atoms with Crippen molar-refractivity contribution >= 4 is 17.3 Å². The lowest BCUT2D eigenvalue weighted by Gasteiger charge is -2.06. The Bertz CT molecular complexity index is 475. The minimum Gasteiger partial charge on any atom is -0.381 e. The predicted octanol–water partition coefficient (Wildman–Crippen LogP) is 3.12. The number of anilines is 1. The predicted molar refractivity (Wildman–Crippen MR) is 62.1 cm³/mol. The lowest BCUT2D eigenvalue weighted by molar-refractivity contribution is 0.628. The second-order valence-corrected chi connectivity index (χ2v) is 3.97. The van der Waals surface area contributed by atoms with Crippen molar-refractivity contribution in [3.05, 3.63) is 46.5 Å². The molecule has 2 N–H and O–H groups in total. The standard InChI is InChI=1S/C11H11ClFN3/c1-7-8(6-15-16-7)5-14-11-3-9(12)2-10(13)4-11/h2-4,6,14H,5H2,1H3,(H,15,16). The highest BCUT2D eigenvalue weighted by Crippen LogP contribution is 2.18. The summed E-state index contributed by atoms with van der Waals surface area (Å²) in [4.78, 5) is 0. The van der Waals surface area contributed by atoms with Crippen molar-refractivity contribution in [3.8, 4) is 0 Å². The summed E-state index contributed by atoms with van der Waals surface area (Å²) in [5, 5.41) is 10.2. The number of aromatic amines is 1. The van der Waals surface area contributed by atoms with Crippen LogP contribution in [0.4, 0.5) is 10.1 Å². The molecule has 0 aliphatic carbocycles. The molecule has 0 unspecified atom stereocenters. The molecule has 0 atom stereocenters. The molecule has 0 amide bonds. The van der Waals surface area contributed by atoms with E-state index >= 15 is 0 Å². The number of H-pyrrole nitrogens is 1. The Morgan fingerprint density at radius 1 is 1.44 bits per heavy atom. The van der Waals surface area contributed by atoms with Crippen LogP contribution in [-0.4, -0.2) is 10.2 Å². The molecule has 0 saturated carbocycles. The Balaban J connectivity index is 2.07. The van der Waals surface area contributed by atoms with Crippen molar-refractivity contribution in [2.24, 2.45) is 0 Å². The number of nitrogens with zero attached hydrogens (tertiary/aromatic N) is 1. The van der Waals surface area contributed by atoms with Gasteiger partial charge in [-0.25, -0.2) is 4.39 Å². The third kappa shape index (κ3) is 2.52. The minimum absolute atomic E-state index is 0.348. The summed E-state index contributed by atoms with van der Waals surface area (Å²) in [6.45, 7) is 2.52. The Labute approximate surface area is 97.6 Å². The Hall–Kier alpha value is -1.55. The summed E-state index contributed by atoms with van der Waals surface area (Å²) >= 11 is 5.74. The number of halogens is 2. The number of hydrogen-bond donors (Lipinski definition) is 2. The molecule has 0 bridgehead atoms. The van der Waals surface area contributed by atoms with Gasteiger partial charge in [-0.05, 0) is 25.1 Å². The maximum atomic E-state index is 13.0. The highest BCUT2D eigenvalue weighted by atomic mass is 35.5. The fourth-order valence-electron chi connectivity index (χ4n) is 1.41. The fraction of sp³-hybridized carbons (Fsp3) is 0.182. The Kier molecular flexibility index (Phi) is 3.10. The van der Waals surface area contributed by atoms with Gasteiger partial charge in [-0.2, -0.15) is 5.10 Å². The van der Waals surface area contributed by atoms with Gasteiger partial charge in [0.2, 0.25) is 0 Å². The molecule has 16 heavy (non-hydrogen) atoms. The van der Waals surface area contributed by atoms with E-state index in [9.17, 15) is 4.39 Å². The summed E-state index contributed by atoms with van der Waals surface area (Å²) < 4.78 is 13.0. The number of nitrogens with one attached hydrogen (secondary N) is 2. The Morgan fingerprint density at radius 2 is 2.25 bits per heavy atom. The number of hydrogen-bond acceptors (Lipinski definition) is 2. The van der Waals surface area contributed by atoms with Gasteiger partial charge >= 0.3 is 0 Å². The van der Waals surface area contributed by atoms with Crippen molar-refractivity contribution in [2.45, 2.75) is 13.5 Å². The van der Waals surface area contributed by atoms with E-state index in [1.165, 1.54) is 12.1 Å². The van der Waals surface area contributed by atoms with Crippen LogP contribution in [0, 0.1) is 12.7 Å². The highest BCUT2D eigenvalue weighted by Gasteiger charge is 2.02. The first-order chi connectivity index (χ1) is 7.65. The van der Waals surface area contributed by atoms with E-state index in [0.717, 1.165) is 11.3 Å². The number of aryl methyl sites for hydroxylation is 1. The minimum atomic E-state index is -0.348. The van der Waals surface area contributed by atoms with Gasteiger partial charge in [0.25, 0.3) is 0 Å². The van der Waals surface area contributed by atoms with E-state index in [0.29, 0.717) is 17.3 Å². The normalized spacial score (nSPS) is 10.4. The first-order valence-corrected chi connectivity index (χ1v) is 5.22. The van der Waals surface area contributed by atoms with Crippen molar-refractivity contribution in [3.63, 3.8) is 0 Å². The maximum absolute atomic E-state index is 13.0. The van der Waals surface area contributed by atoms with Gasteiger partial charge < -0.3 is 5.32 Å². The van der Waals surface area contributed by atoms with Crippen LogP contribution in [0.1, 0.15) is 11.3 Å². The largest absolute Gasteiger partial charge is 0.381 e. The quantitative estimate of drug-likeness (QED) is 0.864. The third-order valence-electron chi connectivity index (χ3n) is 2.28. The average molecular weight is 240 g/mol. The van der Waals surface area contributed by atoms with Crippen molar-refractivity contribution in [1.82, 2.24) is 10.2 Å². The molecule has 0 radical (unpaired) electrons. The number of benzene rings is 1. The molecule has 1 heterocycles. The monoisotopic (exact) mass is 239 g/mol. The van der Waals surface area contributed by atoms with Gasteiger partial charge in [-0.3, -0.25) is 5.10 Å². The molecule has 0 spiro atoms. The van der Waals surface area contributed by atoms with Crippen LogP contribution in [0.2, 0.25) is 5.02 Å².